The highest BCUT2D eigenvalue weighted by Crippen LogP contribution is 2.60. The fourth-order valence-electron chi connectivity index (χ4n) is 4.14. The van der Waals surface area contributed by atoms with Gasteiger partial charge in [-0.3, -0.25) is 4.79 Å². The minimum Gasteiger partial charge on any atom is -0.461 e. The van der Waals surface area contributed by atoms with E-state index in [4.69, 9.17) is 21.2 Å². The Kier molecular flexibility index (Phi) is 7.64. The monoisotopic (exact) mass is 493 g/mol. The molecule has 0 aliphatic heterocycles. The molecule has 6 heteroatoms. The molecule has 0 saturated heterocycles. The molecule has 1 saturated carbocycles. The van der Waals surface area contributed by atoms with Gasteiger partial charge in [0.2, 0.25) is 0 Å². The molecule has 0 aromatic heterocycles. The van der Waals surface area contributed by atoms with E-state index in [2.05, 4.69) is 43.3 Å². The van der Waals surface area contributed by atoms with Crippen LogP contribution < -0.4 is 4.84 Å². The predicted molar refractivity (Wildman–Crippen MR) is 137 cm³/mol. The smallest absolute Gasteiger partial charge is 0.310 e. The lowest BCUT2D eigenvalue weighted by Crippen LogP contribution is -2.11. The van der Waals surface area contributed by atoms with Crippen molar-refractivity contribution in [3.63, 3.8) is 0 Å². The molecule has 4 nitrogen and oxygen atoms in total. The van der Waals surface area contributed by atoms with Crippen LogP contribution >= 0.6 is 23.4 Å². The first-order valence-electron chi connectivity index (χ1n) is 11.3. The highest BCUT2D eigenvalue weighted by Gasteiger charge is 2.62. The van der Waals surface area contributed by atoms with Crippen molar-refractivity contribution < 1.29 is 14.4 Å². The lowest BCUT2D eigenvalue weighted by atomic mass is 10.1. The van der Waals surface area contributed by atoms with Crippen LogP contribution in [0.1, 0.15) is 32.8 Å². The van der Waals surface area contributed by atoms with Crippen molar-refractivity contribution in [3.8, 4) is 5.75 Å². The Morgan fingerprint density at radius 2 is 1.71 bits per heavy atom. The molecule has 0 bridgehead atoms. The summed E-state index contributed by atoms with van der Waals surface area (Å²) in [6.45, 7) is 6.40. The molecule has 1 fully saturated rings. The fraction of sp³-hybridized carbons (Fsp3) is 0.286. The first kappa shape index (κ1) is 24.4. The minimum atomic E-state index is -0.150. The number of carbonyl (C=O) groups is 1. The van der Waals surface area contributed by atoms with Gasteiger partial charge in [0.15, 0.2) is 5.75 Å². The van der Waals surface area contributed by atoms with Crippen molar-refractivity contribution in [2.45, 2.75) is 43.6 Å². The molecule has 34 heavy (non-hydrogen) atoms. The van der Waals surface area contributed by atoms with E-state index in [1.54, 1.807) is 36.0 Å². The zero-order valence-electron chi connectivity index (χ0n) is 19.5. The summed E-state index contributed by atoms with van der Waals surface area (Å²) in [5, 5.41) is 4.87. The van der Waals surface area contributed by atoms with Crippen LogP contribution in [0.2, 0.25) is 5.02 Å². The van der Waals surface area contributed by atoms with Gasteiger partial charge in [-0.25, -0.2) is 0 Å². The fourth-order valence-corrected chi connectivity index (χ4v) is 5.19. The molecule has 0 spiro atoms. The van der Waals surface area contributed by atoms with E-state index in [9.17, 15) is 4.79 Å². The molecule has 4 rings (SSSR count). The van der Waals surface area contributed by atoms with Gasteiger partial charge in [-0.15, -0.1) is 0 Å². The molecule has 1 aliphatic rings. The maximum atomic E-state index is 12.9. The molecule has 0 heterocycles. The van der Waals surface area contributed by atoms with Crippen LogP contribution in [0.25, 0.3) is 0 Å². The topological polar surface area (TPSA) is 47.9 Å². The van der Waals surface area contributed by atoms with E-state index in [0.29, 0.717) is 17.2 Å². The van der Waals surface area contributed by atoms with E-state index >= 15 is 0 Å². The van der Waals surface area contributed by atoms with Crippen LogP contribution in [0, 0.1) is 17.3 Å². The minimum absolute atomic E-state index is 0.126. The third-order valence-corrected chi connectivity index (χ3v) is 7.45. The zero-order chi connectivity index (χ0) is 24.1. The number of hydrogen-bond acceptors (Lipinski definition) is 5. The van der Waals surface area contributed by atoms with Crippen LogP contribution in [0.15, 0.2) is 93.8 Å². The maximum Gasteiger partial charge on any atom is 0.310 e. The molecular formula is C28H28ClNO3S. The highest BCUT2D eigenvalue weighted by molar-refractivity contribution is 7.99. The number of benzene rings is 3. The number of carbonyl (C=O) groups excluding carboxylic acids is 1. The van der Waals surface area contributed by atoms with Crippen LogP contribution in [0.3, 0.4) is 0 Å². The lowest BCUT2D eigenvalue weighted by molar-refractivity contribution is -0.147. The van der Waals surface area contributed by atoms with Gasteiger partial charge in [-0.1, -0.05) is 72.7 Å². The standard InChI is InChI=1S/C28H28ClNO3S/c1-19(30-33-22-14-12-21(29)13-15-22)16-25-26(28(25,2)3)27(31)32-18-20-8-7-11-24(17-20)34-23-9-5-4-6-10-23/h4-15,17,25-26H,16,18H2,1-3H3/b30-19-. The summed E-state index contributed by atoms with van der Waals surface area (Å²) in [6.07, 6.45) is 0.684. The van der Waals surface area contributed by atoms with Crippen LogP contribution in [0.4, 0.5) is 0 Å². The van der Waals surface area contributed by atoms with Crippen molar-refractivity contribution in [2.24, 2.45) is 22.4 Å². The molecule has 0 amide bonds. The summed E-state index contributed by atoms with van der Waals surface area (Å²) in [5.41, 5.74) is 1.70. The second-order valence-corrected chi connectivity index (χ2v) is 10.7. The van der Waals surface area contributed by atoms with E-state index in [-0.39, 0.29) is 29.8 Å². The number of rotatable bonds is 9. The van der Waals surface area contributed by atoms with Gasteiger partial charge in [-0.05, 0) is 78.8 Å². The molecule has 2 atom stereocenters. The van der Waals surface area contributed by atoms with Crippen molar-refractivity contribution in [2.75, 3.05) is 0 Å². The Hall–Kier alpha value is -2.76. The van der Waals surface area contributed by atoms with Gasteiger partial charge in [0.25, 0.3) is 0 Å². The molecule has 3 aromatic carbocycles. The Bertz CT molecular complexity index is 1160. The largest absolute Gasteiger partial charge is 0.461 e. The first-order chi connectivity index (χ1) is 16.3. The van der Waals surface area contributed by atoms with Gasteiger partial charge in [0.1, 0.15) is 6.61 Å². The predicted octanol–water partition coefficient (Wildman–Crippen LogP) is 7.65. The van der Waals surface area contributed by atoms with Gasteiger partial charge in [-0.2, -0.15) is 0 Å². The number of hydrogen-bond donors (Lipinski definition) is 0. The maximum absolute atomic E-state index is 12.9. The Labute approximate surface area is 210 Å². The third kappa shape index (κ3) is 6.22. The number of nitrogens with zero attached hydrogens (tertiary/aromatic N) is 1. The summed E-state index contributed by atoms with van der Waals surface area (Å²) < 4.78 is 5.71. The van der Waals surface area contributed by atoms with E-state index in [1.807, 2.05) is 37.3 Å². The average Bonchev–Trinajstić information content (AvgIpc) is 3.37. The molecule has 2 unspecified atom stereocenters. The van der Waals surface area contributed by atoms with Gasteiger partial charge in [0.05, 0.1) is 11.6 Å². The Morgan fingerprint density at radius 1 is 1.00 bits per heavy atom. The molecule has 3 aromatic rings. The SMILES string of the molecule is C/C(CC1C(C(=O)OCc2cccc(Sc3ccccc3)c2)C1(C)C)=N/Oc1ccc(Cl)cc1. The van der Waals surface area contributed by atoms with Gasteiger partial charge >= 0.3 is 5.97 Å². The lowest BCUT2D eigenvalue weighted by Gasteiger charge is -2.08. The van der Waals surface area contributed by atoms with Crippen molar-refractivity contribution in [1.82, 2.24) is 0 Å². The first-order valence-corrected chi connectivity index (χ1v) is 12.5. The number of esters is 1. The number of ether oxygens (including phenoxy) is 1. The second-order valence-electron chi connectivity index (χ2n) is 9.15. The highest BCUT2D eigenvalue weighted by atomic mass is 35.5. The summed E-state index contributed by atoms with van der Waals surface area (Å²) in [6, 6.07) is 25.4. The summed E-state index contributed by atoms with van der Waals surface area (Å²) >= 11 is 7.59. The number of oxime groups is 1. The van der Waals surface area contributed by atoms with Crippen molar-refractivity contribution in [3.05, 3.63) is 89.4 Å². The normalized spacial score (nSPS) is 18.9. The Morgan fingerprint density at radius 3 is 2.44 bits per heavy atom. The molecular weight excluding hydrogens is 466 g/mol. The quantitative estimate of drug-likeness (QED) is 0.174. The van der Waals surface area contributed by atoms with Gasteiger partial charge in [0, 0.05) is 14.8 Å². The van der Waals surface area contributed by atoms with Crippen LogP contribution in [0.5, 0.6) is 5.75 Å². The summed E-state index contributed by atoms with van der Waals surface area (Å²) in [4.78, 5) is 20.6. The summed E-state index contributed by atoms with van der Waals surface area (Å²) in [5.74, 6) is 0.512. The molecule has 0 N–H and O–H groups in total. The molecule has 1 aliphatic carbocycles. The van der Waals surface area contributed by atoms with E-state index in [0.717, 1.165) is 16.2 Å². The van der Waals surface area contributed by atoms with Crippen molar-refractivity contribution in [1.29, 1.82) is 0 Å². The zero-order valence-corrected chi connectivity index (χ0v) is 21.1. The number of halogens is 1. The summed E-state index contributed by atoms with van der Waals surface area (Å²) in [7, 11) is 0. The molecule has 176 valence electrons. The van der Waals surface area contributed by atoms with Crippen LogP contribution in [-0.4, -0.2) is 11.7 Å². The average molecular weight is 494 g/mol. The van der Waals surface area contributed by atoms with Crippen molar-refractivity contribution >= 4 is 35.0 Å². The van der Waals surface area contributed by atoms with Gasteiger partial charge < -0.3 is 9.57 Å². The molecule has 0 radical (unpaired) electrons. The van der Waals surface area contributed by atoms with Crippen LogP contribution in [-0.2, 0) is 16.1 Å². The third-order valence-electron chi connectivity index (χ3n) is 6.20. The second kappa shape index (κ2) is 10.7. The van der Waals surface area contributed by atoms with E-state index < -0.39 is 0 Å². The van der Waals surface area contributed by atoms with E-state index in [1.165, 1.54) is 4.90 Å². The Balaban J connectivity index is 1.29.